The number of nitrogens with one attached hydrogen (secondary N) is 1. The molecule has 2 atom stereocenters. The number of benzene rings is 1. The van der Waals surface area contributed by atoms with Gasteiger partial charge in [-0.1, -0.05) is 24.4 Å². The molecule has 1 saturated carbocycles. The molecule has 1 aliphatic carbocycles. The van der Waals surface area contributed by atoms with E-state index in [2.05, 4.69) is 5.32 Å². The maximum Gasteiger partial charge on any atom is 0.418 e. The third kappa shape index (κ3) is 3.54. The van der Waals surface area contributed by atoms with E-state index in [0.29, 0.717) is 12.8 Å². The van der Waals surface area contributed by atoms with Crippen LogP contribution in [-0.4, -0.2) is 17.3 Å². The van der Waals surface area contributed by atoms with E-state index in [-0.39, 0.29) is 16.8 Å². The van der Waals surface area contributed by atoms with Crippen molar-refractivity contribution in [2.75, 3.05) is 5.32 Å². The predicted molar refractivity (Wildman–Crippen MR) is 68.3 cm³/mol. The maximum atomic E-state index is 12.9. The van der Waals surface area contributed by atoms with E-state index in [0.717, 1.165) is 18.9 Å². The van der Waals surface area contributed by atoms with Gasteiger partial charge >= 0.3 is 6.18 Å². The van der Waals surface area contributed by atoms with Gasteiger partial charge in [0.25, 0.3) is 0 Å². The van der Waals surface area contributed by atoms with Crippen LogP contribution in [0.1, 0.15) is 31.2 Å². The highest BCUT2D eigenvalue weighted by atomic mass is 35.5. The Balaban J connectivity index is 2.24. The Kier molecular flexibility index (Phi) is 4.26. The molecular formula is C13H15ClF3NO. The standard InChI is InChI=1S/C13H15ClF3NO/c14-8-5-6-10(9(7-8)13(15,16)17)18-11-3-1-2-4-12(11)19/h5-7,11-12,18-19H,1-4H2/t11-,12-/m1/s1. The Labute approximate surface area is 114 Å². The lowest BCUT2D eigenvalue weighted by atomic mass is 9.92. The minimum Gasteiger partial charge on any atom is -0.391 e. The second kappa shape index (κ2) is 5.59. The van der Waals surface area contributed by atoms with E-state index in [4.69, 9.17) is 11.6 Å². The first-order valence-corrected chi connectivity index (χ1v) is 6.57. The Morgan fingerprint density at radius 3 is 2.53 bits per heavy atom. The van der Waals surface area contributed by atoms with E-state index >= 15 is 0 Å². The van der Waals surface area contributed by atoms with Gasteiger partial charge in [0.05, 0.1) is 17.7 Å². The van der Waals surface area contributed by atoms with Crippen molar-refractivity contribution < 1.29 is 18.3 Å². The molecule has 0 amide bonds. The first-order valence-electron chi connectivity index (χ1n) is 6.19. The average Bonchev–Trinajstić information content (AvgIpc) is 2.33. The summed E-state index contributed by atoms with van der Waals surface area (Å²) >= 11 is 5.62. The fourth-order valence-electron chi connectivity index (χ4n) is 2.36. The molecule has 0 aromatic heterocycles. The third-order valence-electron chi connectivity index (χ3n) is 3.36. The summed E-state index contributed by atoms with van der Waals surface area (Å²) in [5.41, 5.74) is -0.819. The number of aliphatic hydroxyl groups excluding tert-OH is 1. The molecule has 1 aromatic carbocycles. The Bertz CT molecular complexity index is 450. The summed E-state index contributed by atoms with van der Waals surface area (Å²) in [7, 11) is 0. The van der Waals surface area contributed by atoms with E-state index < -0.39 is 17.8 Å². The van der Waals surface area contributed by atoms with E-state index in [9.17, 15) is 18.3 Å². The van der Waals surface area contributed by atoms with Crippen LogP contribution in [0.2, 0.25) is 5.02 Å². The van der Waals surface area contributed by atoms with Gasteiger partial charge in [-0.3, -0.25) is 0 Å². The Morgan fingerprint density at radius 1 is 1.21 bits per heavy atom. The molecule has 19 heavy (non-hydrogen) atoms. The first kappa shape index (κ1) is 14.5. The van der Waals surface area contributed by atoms with Gasteiger partial charge in [0.2, 0.25) is 0 Å². The van der Waals surface area contributed by atoms with Gasteiger partial charge in [-0.2, -0.15) is 13.2 Å². The molecule has 0 spiro atoms. The smallest absolute Gasteiger partial charge is 0.391 e. The highest BCUT2D eigenvalue weighted by molar-refractivity contribution is 6.30. The van der Waals surface area contributed by atoms with Crippen LogP contribution in [0, 0.1) is 0 Å². The number of alkyl halides is 3. The van der Waals surface area contributed by atoms with Crippen molar-refractivity contribution in [1.29, 1.82) is 0 Å². The summed E-state index contributed by atoms with van der Waals surface area (Å²) in [6.07, 6.45) is -1.97. The monoisotopic (exact) mass is 293 g/mol. The van der Waals surface area contributed by atoms with E-state index in [1.165, 1.54) is 12.1 Å². The first-order chi connectivity index (χ1) is 8.88. The fourth-order valence-corrected chi connectivity index (χ4v) is 2.53. The van der Waals surface area contributed by atoms with E-state index in [1.54, 1.807) is 0 Å². The lowest BCUT2D eigenvalue weighted by Gasteiger charge is -2.30. The fraction of sp³-hybridized carbons (Fsp3) is 0.538. The van der Waals surface area contributed by atoms with Crippen LogP contribution >= 0.6 is 11.6 Å². The van der Waals surface area contributed by atoms with Crippen molar-refractivity contribution in [3.63, 3.8) is 0 Å². The number of rotatable bonds is 2. The highest BCUT2D eigenvalue weighted by Gasteiger charge is 2.35. The number of aliphatic hydroxyl groups is 1. The SMILES string of the molecule is O[C@@H]1CCCC[C@H]1Nc1ccc(Cl)cc1C(F)(F)F. The normalized spacial score (nSPS) is 24.3. The van der Waals surface area contributed by atoms with Crippen LogP contribution in [-0.2, 0) is 6.18 Å². The van der Waals surface area contributed by atoms with Crippen molar-refractivity contribution in [2.24, 2.45) is 0 Å². The molecule has 0 unspecified atom stereocenters. The van der Waals surface area contributed by atoms with Crippen LogP contribution in [0.3, 0.4) is 0 Å². The maximum absolute atomic E-state index is 12.9. The summed E-state index contributed by atoms with van der Waals surface area (Å²) in [6.45, 7) is 0. The van der Waals surface area contributed by atoms with E-state index in [1.807, 2.05) is 0 Å². The molecule has 0 heterocycles. The van der Waals surface area contributed by atoms with Gasteiger partial charge in [-0.05, 0) is 31.0 Å². The number of anilines is 1. The summed E-state index contributed by atoms with van der Waals surface area (Å²) in [5.74, 6) is 0. The zero-order chi connectivity index (χ0) is 14.0. The molecule has 1 fully saturated rings. The number of hydrogen-bond donors (Lipinski definition) is 2. The third-order valence-corrected chi connectivity index (χ3v) is 3.59. The molecule has 1 aliphatic rings. The molecule has 0 saturated heterocycles. The van der Waals surface area contributed by atoms with Crippen LogP contribution in [0.15, 0.2) is 18.2 Å². The van der Waals surface area contributed by atoms with Crippen LogP contribution in [0.5, 0.6) is 0 Å². The summed E-state index contributed by atoms with van der Waals surface area (Å²) < 4.78 is 38.8. The van der Waals surface area contributed by atoms with Crippen molar-refractivity contribution in [3.8, 4) is 0 Å². The number of halogens is 4. The molecule has 6 heteroatoms. The van der Waals surface area contributed by atoms with Crippen LogP contribution in [0.25, 0.3) is 0 Å². The largest absolute Gasteiger partial charge is 0.418 e. The molecule has 2 N–H and O–H groups in total. The van der Waals surface area contributed by atoms with Crippen molar-refractivity contribution >= 4 is 17.3 Å². The molecule has 106 valence electrons. The average molecular weight is 294 g/mol. The van der Waals surface area contributed by atoms with Gasteiger partial charge in [0, 0.05) is 10.7 Å². The number of hydrogen-bond acceptors (Lipinski definition) is 2. The second-order valence-electron chi connectivity index (χ2n) is 4.79. The molecular weight excluding hydrogens is 279 g/mol. The second-order valence-corrected chi connectivity index (χ2v) is 5.23. The Hall–Kier alpha value is -0.940. The minimum absolute atomic E-state index is 0.0251. The predicted octanol–water partition coefficient (Wildman–Crippen LogP) is 4.07. The molecule has 0 radical (unpaired) electrons. The lowest BCUT2D eigenvalue weighted by Crippen LogP contribution is -2.36. The minimum atomic E-state index is -4.47. The molecule has 0 bridgehead atoms. The van der Waals surface area contributed by atoms with Crippen molar-refractivity contribution in [3.05, 3.63) is 28.8 Å². The van der Waals surface area contributed by atoms with Crippen molar-refractivity contribution in [2.45, 2.75) is 44.0 Å². The van der Waals surface area contributed by atoms with Crippen LogP contribution in [0.4, 0.5) is 18.9 Å². The molecule has 2 nitrogen and oxygen atoms in total. The molecule has 1 aromatic rings. The van der Waals surface area contributed by atoms with Gasteiger partial charge in [-0.15, -0.1) is 0 Å². The van der Waals surface area contributed by atoms with Crippen molar-refractivity contribution in [1.82, 2.24) is 0 Å². The highest BCUT2D eigenvalue weighted by Crippen LogP contribution is 2.37. The summed E-state index contributed by atoms with van der Waals surface area (Å²) in [5, 5.41) is 12.7. The van der Waals surface area contributed by atoms with Gasteiger partial charge in [-0.25, -0.2) is 0 Å². The zero-order valence-electron chi connectivity index (χ0n) is 10.2. The molecule has 0 aliphatic heterocycles. The Morgan fingerprint density at radius 2 is 1.89 bits per heavy atom. The van der Waals surface area contributed by atoms with Crippen LogP contribution < -0.4 is 5.32 Å². The lowest BCUT2D eigenvalue weighted by molar-refractivity contribution is -0.137. The topological polar surface area (TPSA) is 32.3 Å². The van der Waals surface area contributed by atoms with Gasteiger partial charge < -0.3 is 10.4 Å². The van der Waals surface area contributed by atoms with Gasteiger partial charge in [0.1, 0.15) is 0 Å². The summed E-state index contributed by atoms with van der Waals surface area (Å²) in [6, 6.07) is 3.29. The molecule has 2 rings (SSSR count). The van der Waals surface area contributed by atoms with Gasteiger partial charge in [0.15, 0.2) is 0 Å². The zero-order valence-corrected chi connectivity index (χ0v) is 10.9. The summed E-state index contributed by atoms with van der Waals surface area (Å²) in [4.78, 5) is 0. The quantitative estimate of drug-likeness (QED) is 0.861.